The maximum absolute atomic E-state index is 13.2. The monoisotopic (exact) mass is 499 g/mol. The van der Waals surface area contributed by atoms with E-state index in [0.29, 0.717) is 43.0 Å². The Labute approximate surface area is 207 Å². The van der Waals surface area contributed by atoms with Crippen molar-refractivity contribution in [2.24, 2.45) is 0 Å². The van der Waals surface area contributed by atoms with Crippen LogP contribution in [0.15, 0.2) is 15.0 Å². The maximum atomic E-state index is 13.2. The summed E-state index contributed by atoms with van der Waals surface area (Å²) in [6, 6.07) is 0. The van der Waals surface area contributed by atoms with Gasteiger partial charge in [-0.15, -0.1) is 11.3 Å². The molecule has 3 aromatic heterocycles. The molecular formula is C25H33N5O4S. The lowest BCUT2D eigenvalue weighted by molar-refractivity contribution is 0.0518. The van der Waals surface area contributed by atoms with E-state index in [1.54, 1.807) is 22.8 Å². The molecule has 0 aliphatic heterocycles. The second-order valence-corrected chi connectivity index (χ2v) is 10.9. The van der Waals surface area contributed by atoms with Crippen molar-refractivity contribution < 1.29 is 9.53 Å². The fraction of sp³-hybridized carbons (Fsp3) is 0.640. The smallest absolute Gasteiger partial charge is 0.357 e. The quantitative estimate of drug-likeness (QED) is 0.471. The second-order valence-electron chi connectivity index (χ2n) is 9.99. The number of carbonyl (C=O) groups excluding carboxylic acids is 1. The Bertz CT molecular complexity index is 1360. The second kappa shape index (κ2) is 9.04. The van der Waals surface area contributed by atoms with E-state index in [4.69, 9.17) is 9.72 Å². The number of hydrogen-bond acceptors (Lipinski definition) is 7. The highest BCUT2D eigenvalue weighted by Crippen LogP contribution is 2.58. The lowest BCUT2D eigenvalue weighted by atomic mass is 9.53. The highest BCUT2D eigenvalue weighted by molar-refractivity contribution is 7.10. The molecule has 6 rings (SSSR count). The molecule has 0 amide bonds. The lowest BCUT2D eigenvalue weighted by Crippen LogP contribution is -2.47. The van der Waals surface area contributed by atoms with Crippen LogP contribution in [0.1, 0.15) is 93.5 Å². The number of ether oxygens (including phenoxy) is 1. The van der Waals surface area contributed by atoms with Crippen LogP contribution in [-0.2, 0) is 28.7 Å². The van der Waals surface area contributed by atoms with E-state index in [9.17, 15) is 14.4 Å². The number of carbonyl (C=O) groups is 1. The van der Waals surface area contributed by atoms with Gasteiger partial charge in [0.15, 0.2) is 11.3 Å². The number of aromatic nitrogens is 5. The third kappa shape index (κ3) is 3.77. The van der Waals surface area contributed by atoms with Crippen molar-refractivity contribution in [2.75, 3.05) is 6.61 Å². The summed E-state index contributed by atoms with van der Waals surface area (Å²) in [5.41, 5.74) is 0.646. The zero-order valence-electron chi connectivity index (χ0n) is 20.7. The fourth-order valence-corrected chi connectivity index (χ4v) is 7.02. The first-order valence-electron chi connectivity index (χ1n) is 12.7. The fourth-order valence-electron chi connectivity index (χ4n) is 5.94. The van der Waals surface area contributed by atoms with Gasteiger partial charge in [0.05, 0.1) is 11.6 Å². The molecular weight excluding hydrogens is 466 g/mol. The average molecular weight is 500 g/mol. The van der Waals surface area contributed by atoms with Gasteiger partial charge in [-0.1, -0.05) is 13.8 Å². The molecule has 10 heteroatoms. The van der Waals surface area contributed by atoms with Crippen molar-refractivity contribution >= 4 is 28.5 Å². The summed E-state index contributed by atoms with van der Waals surface area (Å²) in [5.74, 6) is 0.476. The van der Waals surface area contributed by atoms with Crippen LogP contribution in [0.5, 0.6) is 0 Å². The van der Waals surface area contributed by atoms with E-state index in [-0.39, 0.29) is 28.0 Å². The molecule has 3 saturated carbocycles. The predicted octanol–water partition coefficient (Wildman–Crippen LogP) is 3.88. The SMILES string of the molecule is CCCn1c(=O)c2[nH]c(C34CCC(c5nc(C(=O)OCC)cs5)(CC3)CC4)nc2n(CCC)c1=O. The molecule has 3 heterocycles. The molecule has 3 aliphatic carbocycles. The van der Waals surface area contributed by atoms with Crippen molar-refractivity contribution in [3.8, 4) is 0 Å². The van der Waals surface area contributed by atoms with Crippen LogP contribution in [0.3, 0.4) is 0 Å². The van der Waals surface area contributed by atoms with Crippen LogP contribution in [0.2, 0.25) is 0 Å². The van der Waals surface area contributed by atoms with Crippen molar-refractivity contribution in [1.82, 2.24) is 24.1 Å². The number of thiazole rings is 1. The summed E-state index contributed by atoms with van der Waals surface area (Å²) < 4.78 is 8.12. The first-order chi connectivity index (χ1) is 16.9. The third-order valence-electron chi connectivity index (χ3n) is 7.95. The maximum Gasteiger partial charge on any atom is 0.357 e. The summed E-state index contributed by atoms with van der Waals surface area (Å²) >= 11 is 1.56. The summed E-state index contributed by atoms with van der Waals surface area (Å²) in [5, 5.41) is 2.84. The van der Waals surface area contributed by atoms with Gasteiger partial charge in [-0.3, -0.25) is 13.9 Å². The summed E-state index contributed by atoms with van der Waals surface area (Å²) in [6.07, 6.45) is 7.18. The first-order valence-corrected chi connectivity index (χ1v) is 13.6. The number of nitrogens with one attached hydrogen (secondary N) is 1. The lowest BCUT2D eigenvalue weighted by Gasteiger charge is -2.51. The minimum Gasteiger partial charge on any atom is -0.461 e. The third-order valence-corrected chi connectivity index (χ3v) is 9.04. The highest BCUT2D eigenvalue weighted by Gasteiger charge is 2.53. The Morgan fingerprint density at radius 2 is 1.63 bits per heavy atom. The van der Waals surface area contributed by atoms with Gasteiger partial charge in [0, 0.05) is 29.3 Å². The van der Waals surface area contributed by atoms with Crippen LogP contribution in [-0.4, -0.2) is 36.7 Å². The average Bonchev–Trinajstić information content (AvgIpc) is 3.55. The molecule has 3 fully saturated rings. The molecule has 0 saturated heterocycles. The van der Waals surface area contributed by atoms with E-state index >= 15 is 0 Å². The largest absolute Gasteiger partial charge is 0.461 e. The molecule has 188 valence electrons. The minimum absolute atomic E-state index is 0.0126. The summed E-state index contributed by atoms with van der Waals surface area (Å²) in [6.45, 7) is 7.06. The number of nitrogens with zero attached hydrogens (tertiary/aromatic N) is 4. The van der Waals surface area contributed by atoms with Gasteiger partial charge in [0.25, 0.3) is 5.56 Å². The summed E-state index contributed by atoms with van der Waals surface area (Å²) in [7, 11) is 0. The Morgan fingerprint density at radius 3 is 2.26 bits per heavy atom. The molecule has 0 spiro atoms. The van der Waals surface area contributed by atoms with Crippen LogP contribution in [0.25, 0.3) is 11.2 Å². The zero-order chi connectivity index (χ0) is 24.8. The van der Waals surface area contributed by atoms with Gasteiger partial charge < -0.3 is 9.72 Å². The molecule has 0 unspecified atom stereocenters. The predicted molar refractivity (Wildman–Crippen MR) is 134 cm³/mol. The van der Waals surface area contributed by atoms with E-state index in [0.717, 1.165) is 55.8 Å². The Morgan fingerprint density at radius 1 is 1.00 bits per heavy atom. The van der Waals surface area contributed by atoms with Crippen LogP contribution in [0, 0.1) is 0 Å². The van der Waals surface area contributed by atoms with Crippen molar-refractivity contribution in [3.05, 3.63) is 42.7 Å². The standard InChI is InChI=1S/C25H33N5O4S/c1-4-13-29-18-17(19(31)30(14-5-2)23(29)33)27-21(28-18)24-7-10-25(11-8-24,12-9-24)22-26-16(15-35-22)20(32)34-6-3/h15H,4-14H2,1-3H3,(H,27,28). The minimum atomic E-state index is -0.360. The normalized spacial score (nSPS) is 23.7. The molecule has 0 radical (unpaired) electrons. The molecule has 3 aliphatic rings. The van der Waals surface area contributed by atoms with Crippen LogP contribution >= 0.6 is 11.3 Å². The summed E-state index contributed by atoms with van der Waals surface area (Å²) in [4.78, 5) is 51.3. The van der Waals surface area contributed by atoms with E-state index < -0.39 is 0 Å². The molecule has 2 bridgehead atoms. The number of aryl methyl sites for hydroxylation is 1. The number of esters is 1. The van der Waals surface area contributed by atoms with E-state index in [1.807, 2.05) is 19.2 Å². The Kier molecular flexibility index (Phi) is 6.19. The number of fused-ring (bicyclic) bond motifs is 4. The molecule has 3 aromatic rings. The molecule has 35 heavy (non-hydrogen) atoms. The number of aromatic amines is 1. The van der Waals surface area contributed by atoms with Crippen molar-refractivity contribution in [2.45, 2.75) is 96.1 Å². The first kappa shape index (κ1) is 24.0. The van der Waals surface area contributed by atoms with Crippen LogP contribution in [0.4, 0.5) is 0 Å². The van der Waals surface area contributed by atoms with Gasteiger partial charge in [-0.05, 0) is 58.3 Å². The Balaban J connectivity index is 1.47. The van der Waals surface area contributed by atoms with Crippen LogP contribution < -0.4 is 11.2 Å². The number of H-pyrrole nitrogens is 1. The number of rotatable bonds is 8. The molecule has 9 nitrogen and oxygen atoms in total. The van der Waals surface area contributed by atoms with Gasteiger partial charge >= 0.3 is 11.7 Å². The number of hydrogen-bond donors (Lipinski definition) is 1. The molecule has 0 atom stereocenters. The van der Waals surface area contributed by atoms with Gasteiger partial charge in [0.2, 0.25) is 0 Å². The van der Waals surface area contributed by atoms with Gasteiger partial charge in [-0.2, -0.15) is 0 Å². The van der Waals surface area contributed by atoms with E-state index in [2.05, 4.69) is 9.97 Å². The highest BCUT2D eigenvalue weighted by atomic mass is 32.1. The van der Waals surface area contributed by atoms with Crippen molar-refractivity contribution in [3.63, 3.8) is 0 Å². The molecule has 0 aromatic carbocycles. The number of imidazole rings is 1. The van der Waals surface area contributed by atoms with Crippen molar-refractivity contribution in [1.29, 1.82) is 0 Å². The van der Waals surface area contributed by atoms with Gasteiger partial charge in [0.1, 0.15) is 11.3 Å². The molecule has 1 N–H and O–H groups in total. The Hall–Kier alpha value is -2.75. The van der Waals surface area contributed by atoms with E-state index in [1.165, 1.54) is 4.57 Å². The van der Waals surface area contributed by atoms with Gasteiger partial charge in [-0.25, -0.2) is 19.6 Å². The topological polar surface area (TPSA) is 112 Å². The zero-order valence-corrected chi connectivity index (χ0v) is 21.5.